The van der Waals surface area contributed by atoms with E-state index < -0.39 is 23.5 Å². The number of carboxylic acids is 1. The summed E-state index contributed by atoms with van der Waals surface area (Å²) < 4.78 is 4.99. The number of terminal acetylenes is 1. The highest BCUT2D eigenvalue weighted by atomic mass is 16.5. The molecule has 0 saturated carbocycles. The molecule has 0 radical (unpaired) electrons. The number of carbonyl (C=O) groups excluding carboxylic acids is 1. The maximum absolute atomic E-state index is 11.5. The highest BCUT2D eigenvalue weighted by Gasteiger charge is 2.44. The minimum atomic E-state index is -1.36. The number of carboxylic acid groups (broad SMARTS) is 1. The van der Waals surface area contributed by atoms with Gasteiger partial charge >= 0.3 is 5.97 Å². The lowest BCUT2D eigenvalue weighted by Crippen LogP contribution is -2.58. The van der Waals surface area contributed by atoms with Gasteiger partial charge in [-0.05, 0) is 0 Å². The van der Waals surface area contributed by atoms with Crippen molar-refractivity contribution in [1.82, 2.24) is 5.32 Å². The predicted octanol–water partition coefficient (Wildman–Crippen LogP) is -1.30. The highest BCUT2D eigenvalue weighted by molar-refractivity contribution is 5.90. The first-order valence-electron chi connectivity index (χ1n) is 4.84. The fourth-order valence-corrected chi connectivity index (χ4v) is 1.43. The van der Waals surface area contributed by atoms with E-state index in [0.29, 0.717) is 6.61 Å². The summed E-state index contributed by atoms with van der Waals surface area (Å²) in [5.41, 5.74) is 4.12. The Morgan fingerprint density at radius 3 is 2.81 bits per heavy atom. The van der Waals surface area contributed by atoms with Gasteiger partial charge in [0.15, 0.2) is 5.54 Å². The van der Waals surface area contributed by atoms with Crippen LogP contribution in [0.15, 0.2) is 0 Å². The highest BCUT2D eigenvalue weighted by Crippen LogP contribution is 2.19. The molecule has 2 unspecified atom stereocenters. The maximum Gasteiger partial charge on any atom is 0.331 e. The lowest BCUT2D eigenvalue weighted by molar-refractivity contribution is -0.147. The molecule has 0 spiro atoms. The molecule has 1 heterocycles. The summed E-state index contributed by atoms with van der Waals surface area (Å²) in [6.45, 7) is 0.258. The molecule has 0 aliphatic carbocycles. The quantitative estimate of drug-likeness (QED) is 0.517. The summed E-state index contributed by atoms with van der Waals surface area (Å²) in [5, 5.41) is 11.4. The molecular formula is C10H14N2O4. The molecular weight excluding hydrogens is 212 g/mol. The molecule has 1 aliphatic rings. The second kappa shape index (κ2) is 4.96. The van der Waals surface area contributed by atoms with Crippen molar-refractivity contribution in [3.8, 4) is 12.3 Å². The van der Waals surface area contributed by atoms with Gasteiger partial charge in [-0.2, -0.15) is 0 Å². The Morgan fingerprint density at radius 2 is 2.38 bits per heavy atom. The van der Waals surface area contributed by atoms with Gasteiger partial charge in [0.1, 0.15) is 0 Å². The number of rotatable bonds is 4. The minimum absolute atomic E-state index is 0.0448. The summed E-state index contributed by atoms with van der Waals surface area (Å²) in [6.07, 6.45) is 5.32. The number of aliphatic carboxylic acids is 1. The number of amides is 1. The summed E-state index contributed by atoms with van der Waals surface area (Å²) in [6, 6.07) is -0.887. The van der Waals surface area contributed by atoms with Crippen LogP contribution in [0.4, 0.5) is 0 Å². The van der Waals surface area contributed by atoms with Crippen molar-refractivity contribution in [3.63, 3.8) is 0 Å². The number of hydrogen-bond acceptors (Lipinski definition) is 4. The van der Waals surface area contributed by atoms with Gasteiger partial charge in [0.25, 0.3) is 0 Å². The van der Waals surface area contributed by atoms with Crippen molar-refractivity contribution in [1.29, 1.82) is 0 Å². The van der Waals surface area contributed by atoms with Gasteiger partial charge in [-0.1, -0.05) is 0 Å². The van der Waals surface area contributed by atoms with Crippen molar-refractivity contribution in [3.05, 3.63) is 0 Å². The second-order valence-corrected chi connectivity index (χ2v) is 3.69. The van der Waals surface area contributed by atoms with E-state index in [0.717, 1.165) is 0 Å². The van der Waals surface area contributed by atoms with Crippen LogP contribution in [0.25, 0.3) is 0 Å². The normalized spacial score (nSPS) is 25.8. The fourth-order valence-electron chi connectivity index (χ4n) is 1.43. The number of ether oxygens (including phenoxy) is 1. The lowest BCUT2D eigenvalue weighted by atomic mass is 9.98. The Balaban J connectivity index is 2.67. The monoisotopic (exact) mass is 226 g/mol. The van der Waals surface area contributed by atoms with Crippen molar-refractivity contribution < 1.29 is 19.4 Å². The average Bonchev–Trinajstić information content (AvgIpc) is 2.68. The van der Waals surface area contributed by atoms with E-state index in [1.165, 1.54) is 0 Å². The van der Waals surface area contributed by atoms with Crippen LogP contribution in [0.5, 0.6) is 0 Å². The van der Waals surface area contributed by atoms with Crippen molar-refractivity contribution in [2.75, 3.05) is 13.2 Å². The topological polar surface area (TPSA) is 102 Å². The number of nitrogens with two attached hydrogens (primary N) is 1. The van der Waals surface area contributed by atoms with Gasteiger partial charge in [-0.3, -0.25) is 4.79 Å². The van der Waals surface area contributed by atoms with E-state index in [2.05, 4.69) is 11.2 Å². The third-order valence-electron chi connectivity index (χ3n) is 2.47. The standard InChI is InChI=1S/C10H14N2O4/c1-2-3-7(11)8(13)12-10(9(14)15)4-5-16-6-10/h1,7H,3-6,11H2,(H,12,13)(H,14,15). The van der Waals surface area contributed by atoms with Crippen molar-refractivity contribution in [2.45, 2.75) is 24.4 Å². The Morgan fingerprint density at radius 1 is 1.69 bits per heavy atom. The number of carbonyl (C=O) groups is 2. The summed E-state index contributed by atoms with van der Waals surface area (Å²) in [7, 11) is 0. The molecule has 0 aromatic heterocycles. The average molecular weight is 226 g/mol. The minimum Gasteiger partial charge on any atom is -0.479 e. The molecule has 0 bridgehead atoms. The van der Waals surface area contributed by atoms with Crippen molar-refractivity contribution >= 4 is 11.9 Å². The van der Waals surface area contributed by atoms with Gasteiger partial charge in [0, 0.05) is 19.4 Å². The van der Waals surface area contributed by atoms with Crippen LogP contribution in [-0.4, -0.2) is 41.8 Å². The van der Waals surface area contributed by atoms with E-state index in [1.807, 2.05) is 0 Å². The van der Waals surface area contributed by atoms with Crippen LogP contribution in [0.2, 0.25) is 0 Å². The Labute approximate surface area is 93.1 Å². The molecule has 16 heavy (non-hydrogen) atoms. The first-order chi connectivity index (χ1) is 7.52. The maximum atomic E-state index is 11.5. The van der Waals surface area contributed by atoms with E-state index in [-0.39, 0.29) is 19.4 Å². The first-order valence-corrected chi connectivity index (χ1v) is 4.84. The number of nitrogens with one attached hydrogen (secondary N) is 1. The van der Waals surface area contributed by atoms with Crippen LogP contribution in [-0.2, 0) is 14.3 Å². The largest absolute Gasteiger partial charge is 0.479 e. The van der Waals surface area contributed by atoms with Gasteiger partial charge in [-0.15, -0.1) is 12.3 Å². The molecule has 0 aromatic carbocycles. The zero-order valence-corrected chi connectivity index (χ0v) is 8.73. The molecule has 0 aromatic rings. The van der Waals surface area contributed by atoms with E-state index in [4.69, 9.17) is 22.0 Å². The number of hydrogen-bond donors (Lipinski definition) is 3. The molecule has 88 valence electrons. The van der Waals surface area contributed by atoms with Crippen LogP contribution < -0.4 is 11.1 Å². The third kappa shape index (κ3) is 2.51. The summed E-state index contributed by atoms with van der Waals surface area (Å²) >= 11 is 0. The Kier molecular flexibility index (Phi) is 3.88. The zero-order valence-electron chi connectivity index (χ0n) is 8.73. The SMILES string of the molecule is C#CCC(N)C(=O)NC1(C(=O)O)CCOC1. The smallest absolute Gasteiger partial charge is 0.331 e. The second-order valence-electron chi connectivity index (χ2n) is 3.69. The van der Waals surface area contributed by atoms with Crippen LogP contribution >= 0.6 is 0 Å². The molecule has 1 amide bonds. The predicted molar refractivity (Wildman–Crippen MR) is 55.4 cm³/mol. The summed E-state index contributed by atoms with van der Waals surface area (Å²) in [4.78, 5) is 22.6. The third-order valence-corrected chi connectivity index (χ3v) is 2.47. The van der Waals surface area contributed by atoms with Crippen LogP contribution in [0, 0.1) is 12.3 Å². The van der Waals surface area contributed by atoms with E-state index >= 15 is 0 Å². The van der Waals surface area contributed by atoms with E-state index in [9.17, 15) is 9.59 Å². The van der Waals surface area contributed by atoms with Gasteiger partial charge in [0.05, 0.1) is 12.6 Å². The molecule has 4 N–H and O–H groups in total. The first kappa shape index (κ1) is 12.5. The van der Waals surface area contributed by atoms with Gasteiger partial charge < -0.3 is 20.9 Å². The van der Waals surface area contributed by atoms with Gasteiger partial charge in [-0.25, -0.2) is 4.79 Å². The molecule has 2 atom stereocenters. The molecule has 1 aliphatic heterocycles. The van der Waals surface area contributed by atoms with Gasteiger partial charge in [0.2, 0.25) is 5.91 Å². The molecule has 1 fully saturated rings. The zero-order chi connectivity index (χ0) is 12.2. The van der Waals surface area contributed by atoms with Crippen molar-refractivity contribution in [2.24, 2.45) is 5.73 Å². The Hall–Kier alpha value is -1.58. The summed E-state index contributed by atoms with van der Waals surface area (Å²) in [5.74, 6) is 0.567. The van der Waals surface area contributed by atoms with Crippen LogP contribution in [0.3, 0.4) is 0 Å². The fraction of sp³-hybridized carbons (Fsp3) is 0.600. The molecule has 6 nitrogen and oxygen atoms in total. The van der Waals surface area contributed by atoms with Crippen LogP contribution in [0.1, 0.15) is 12.8 Å². The molecule has 1 saturated heterocycles. The molecule has 6 heteroatoms. The molecule has 1 rings (SSSR count). The Bertz CT molecular complexity index is 328. The lowest BCUT2D eigenvalue weighted by Gasteiger charge is -2.25. The van der Waals surface area contributed by atoms with E-state index in [1.54, 1.807) is 0 Å².